The second-order valence-corrected chi connectivity index (χ2v) is 7.09. The summed E-state index contributed by atoms with van der Waals surface area (Å²) in [6.07, 6.45) is 5.02. The number of hydrogen-bond acceptors (Lipinski definition) is 6. The van der Waals surface area contributed by atoms with E-state index in [1.807, 2.05) is 13.1 Å². The lowest BCUT2D eigenvalue weighted by Crippen LogP contribution is -2.31. The summed E-state index contributed by atoms with van der Waals surface area (Å²) >= 11 is 6.28. The molecule has 1 saturated heterocycles. The van der Waals surface area contributed by atoms with Crippen molar-refractivity contribution in [3.05, 3.63) is 36.3 Å². The van der Waals surface area contributed by atoms with Crippen LogP contribution in [0.5, 0.6) is 0 Å². The summed E-state index contributed by atoms with van der Waals surface area (Å²) in [5.41, 5.74) is 1.23. The summed E-state index contributed by atoms with van der Waals surface area (Å²) in [5, 5.41) is 11.4. The van der Waals surface area contributed by atoms with Crippen molar-refractivity contribution in [2.45, 2.75) is 25.7 Å². The first-order chi connectivity index (χ1) is 14.0. The number of fused-ring (bicyclic) bond motifs is 1. The third-order valence-electron chi connectivity index (χ3n) is 4.75. The summed E-state index contributed by atoms with van der Waals surface area (Å²) in [6, 6.07) is -0.626. The SMILES string of the molecule is C=CC(=O)N1CC(F)C(Nc2nc(Nc3cnn(CC)c3)nc3[nH]cc(Cl)c23)C1. The van der Waals surface area contributed by atoms with Crippen LogP contribution in [0, 0.1) is 0 Å². The van der Waals surface area contributed by atoms with Crippen LogP contribution in [-0.4, -0.2) is 60.8 Å². The van der Waals surface area contributed by atoms with Crippen LogP contribution in [0.4, 0.5) is 21.8 Å². The molecule has 2 atom stereocenters. The average molecular weight is 419 g/mol. The molecule has 29 heavy (non-hydrogen) atoms. The highest BCUT2D eigenvalue weighted by Gasteiger charge is 2.35. The van der Waals surface area contributed by atoms with E-state index in [1.165, 1.54) is 11.0 Å². The number of aromatic amines is 1. The molecule has 0 bridgehead atoms. The number of nitrogens with one attached hydrogen (secondary N) is 3. The van der Waals surface area contributed by atoms with Gasteiger partial charge in [-0.2, -0.15) is 15.1 Å². The molecule has 152 valence electrons. The van der Waals surface area contributed by atoms with Gasteiger partial charge in [-0.05, 0) is 13.0 Å². The minimum Gasteiger partial charge on any atom is -0.362 e. The quantitative estimate of drug-likeness (QED) is 0.532. The standard InChI is InChI=1S/C18H20ClFN8O/c1-3-14(29)27-8-12(20)13(9-27)24-17-15-11(19)6-21-16(15)25-18(26-17)23-10-5-22-28(4-2)7-10/h3,5-7,12-13H,1,4,8-9H2,2H3,(H3,21,23,24,25,26). The number of anilines is 3. The number of carbonyl (C=O) groups excluding carboxylic acids is 1. The fourth-order valence-corrected chi connectivity index (χ4v) is 3.50. The average Bonchev–Trinajstić information content (AvgIpc) is 3.41. The van der Waals surface area contributed by atoms with Gasteiger partial charge in [0.25, 0.3) is 0 Å². The predicted molar refractivity (Wildman–Crippen MR) is 109 cm³/mol. The van der Waals surface area contributed by atoms with Gasteiger partial charge in [0.1, 0.15) is 17.6 Å². The number of halogens is 2. The molecule has 0 aliphatic carbocycles. The number of amides is 1. The van der Waals surface area contributed by atoms with Crippen LogP contribution in [0.3, 0.4) is 0 Å². The van der Waals surface area contributed by atoms with E-state index in [1.54, 1.807) is 17.1 Å². The molecule has 4 rings (SSSR count). The second kappa shape index (κ2) is 7.70. The zero-order valence-electron chi connectivity index (χ0n) is 15.7. The monoisotopic (exact) mass is 418 g/mol. The number of aromatic nitrogens is 5. The summed E-state index contributed by atoms with van der Waals surface area (Å²) in [7, 11) is 0. The van der Waals surface area contributed by atoms with Crippen molar-refractivity contribution in [1.29, 1.82) is 0 Å². The molecule has 0 aromatic carbocycles. The van der Waals surface area contributed by atoms with Crippen LogP contribution in [0.1, 0.15) is 6.92 Å². The smallest absolute Gasteiger partial charge is 0.246 e. The van der Waals surface area contributed by atoms with E-state index in [0.717, 1.165) is 12.2 Å². The maximum Gasteiger partial charge on any atom is 0.246 e. The van der Waals surface area contributed by atoms with Gasteiger partial charge >= 0.3 is 0 Å². The van der Waals surface area contributed by atoms with Gasteiger partial charge in [0.15, 0.2) is 0 Å². The van der Waals surface area contributed by atoms with Crippen molar-refractivity contribution in [2.75, 3.05) is 23.7 Å². The van der Waals surface area contributed by atoms with Crippen molar-refractivity contribution in [1.82, 2.24) is 29.6 Å². The van der Waals surface area contributed by atoms with Crippen LogP contribution in [0.25, 0.3) is 11.0 Å². The van der Waals surface area contributed by atoms with Crippen molar-refractivity contribution >= 4 is 46.0 Å². The van der Waals surface area contributed by atoms with Crippen molar-refractivity contribution < 1.29 is 9.18 Å². The number of nitrogens with zero attached hydrogens (tertiary/aromatic N) is 5. The molecule has 3 aromatic rings. The molecule has 3 aromatic heterocycles. The topological polar surface area (TPSA) is 104 Å². The number of alkyl halides is 1. The largest absolute Gasteiger partial charge is 0.362 e. The zero-order valence-corrected chi connectivity index (χ0v) is 16.4. The summed E-state index contributed by atoms with van der Waals surface area (Å²) in [6.45, 7) is 6.37. The molecule has 11 heteroatoms. The highest BCUT2D eigenvalue weighted by molar-refractivity contribution is 6.36. The Kier molecular flexibility index (Phi) is 5.10. The minimum atomic E-state index is -1.25. The van der Waals surface area contributed by atoms with E-state index >= 15 is 0 Å². The summed E-state index contributed by atoms with van der Waals surface area (Å²) in [5.74, 6) is 0.383. The Bertz CT molecular complexity index is 1060. The molecule has 1 amide bonds. The molecular formula is C18H20ClFN8O. The van der Waals surface area contributed by atoms with E-state index in [9.17, 15) is 9.18 Å². The molecular weight excluding hydrogens is 399 g/mol. The lowest BCUT2D eigenvalue weighted by Gasteiger charge is -2.17. The van der Waals surface area contributed by atoms with Crippen LogP contribution in [-0.2, 0) is 11.3 Å². The molecule has 4 heterocycles. The second-order valence-electron chi connectivity index (χ2n) is 6.68. The van der Waals surface area contributed by atoms with Gasteiger partial charge in [0, 0.05) is 25.5 Å². The number of aryl methyl sites for hydroxylation is 1. The fraction of sp³-hybridized carbons (Fsp3) is 0.333. The van der Waals surface area contributed by atoms with Gasteiger partial charge in [-0.1, -0.05) is 18.2 Å². The lowest BCUT2D eigenvalue weighted by molar-refractivity contribution is -0.125. The first-order valence-electron chi connectivity index (χ1n) is 9.14. The molecule has 0 saturated carbocycles. The molecule has 2 unspecified atom stereocenters. The minimum absolute atomic E-state index is 0.00107. The molecule has 1 aliphatic rings. The van der Waals surface area contributed by atoms with E-state index in [2.05, 4.69) is 37.3 Å². The Morgan fingerprint density at radius 1 is 1.48 bits per heavy atom. The van der Waals surface area contributed by atoms with Gasteiger partial charge < -0.3 is 20.5 Å². The third-order valence-corrected chi connectivity index (χ3v) is 5.05. The molecule has 0 spiro atoms. The zero-order chi connectivity index (χ0) is 20.5. The first kappa shape index (κ1) is 19.2. The first-order valence-corrected chi connectivity index (χ1v) is 9.52. The highest BCUT2D eigenvalue weighted by atomic mass is 35.5. The Balaban J connectivity index is 1.63. The molecule has 1 aliphatic heterocycles. The Labute approximate surface area is 171 Å². The van der Waals surface area contributed by atoms with Crippen molar-refractivity contribution in [2.24, 2.45) is 0 Å². The van der Waals surface area contributed by atoms with E-state index < -0.39 is 12.2 Å². The molecule has 1 fully saturated rings. The number of rotatable bonds is 6. The van der Waals surface area contributed by atoms with Crippen molar-refractivity contribution in [3.8, 4) is 0 Å². The van der Waals surface area contributed by atoms with Gasteiger partial charge in [0.2, 0.25) is 11.9 Å². The van der Waals surface area contributed by atoms with Crippen LogP contribution < -0.4 is 10.6 Å². The van der Waals surface area contributed by atoms with Gasteiger partial charge in [0.05, 0.1) is 34.9 Å². The highest BCUT2D eigenvalue weighted by Crippen LogP contribution is 2.31. The van der Waals surface area contributed by atoms with Crippen LogP contribution in [0.15, 0.2) is 31.2 Å². The summed E-state index contributed by atoms with van der Waals surface area (Å²) in [4.78, 5) is 25.1. The molecule has 9 nitrogen and oxygen atoms in total. The van der Waals surface area contributed by atoms with Crippen LogP contribution >= 0.6 is 11.6 Å². The van der Waals surface area contributed by atoms with E-state index in [-0.39, 0.29) is 19.0 Å². The fourth-order valence-electron chi connectivity index (χ4n) is 3.27. The number of hydrogen-bond donors (Lipinski definition) is 3. The Morgan fingerprint density at radius 2 is 2.31 bits per heavy atom. The predicted octanol–water partition coefficient (Wildman–Crippen LogP) is 2.72. The van der Waals surface area contributed by atoms with Crippen molar-refractivity contribution in [3.63, 3.8) is 0 Å². The van der Waals surface area contributed by atoms with Gasteiger partial charge in [-0.15, -0.1) is 0 Å². The van der Waals surface area contributed by atoms with Crippen LogP contribution in [0.2, 0.25) is 5.02 Å². The number of carbonyl (C=O) groups is 1. The third kappa shape index (κ3) is 3.75. The van der Waals surface area contributed by atoms with E-state index in [0.29, 0.717) is 27.8 Å². The summed E-state index contributed by atoms with van der Waals surface area (Å²) < 4.78 is 16.3. The van der Waals surface area contributed by atoms with Gasteiger partial charge in [-0.25, -0.2) is 4.39 Å². The maximum absolute atomic E-state index is 14.5. The Hall–Kier alpha value is -3.14. The number of likely N-dealkylation sites (tertiary alicyclic amines) is 1. The normalized spacial score (nSPS) is 18.9. The Morgan fingerprint density at radius 3 is 3.03 bits per heavy atom. The maximum atomic E-state index is 14.5. The molecule has 3 N–H and O–H groups in total. The molecule has 0 radical (unpaired) electrons. The lowest BCUT2D eigenvalue weighted by atomic mass is 10.2. The van der Waals surface area contributed by atoms with E-state index in [4.69, 9.17) is 11.6 Å². The van der Waals surface area contributed by atoms with Gasteiger partial charge in [-0.3, -0.25) is 9.48 Å². The number of H-pyrrole nitrogens is 1.